The Labute approximate surface area is 188 Å². The van der Waals surface area contributed by atoms with Crippen molar-refractivity contribution in [3.8, 4) is 0 Å². The first-order valence-corrected chi connectivity index (χ1v) is 10.9. The summed E-state index contributed by atoms with van der Waals surface area (Å²) in [5.74, 6) is 0.779. The molecule has 0 aliphatic carbocycles. The lowest BCUT2D eigenvalue weighted by molar-refractivity contribution is 0.112. The number of rotatable bonds is 5. The number of para-hydroxylation sites is 1. The zero-order valence-electron chi connectivity index (χ0n) is 18.4. The summed E-state index contributed by atoms with van der Waals surface area (Å²) in [6, 6.07) is 24.6. The van der Waals surface area contributed by atoms with E-state index in [-0.39, 0.29) is 0 Å². The van der Waals surface area contributed by atoms with Crippen LogP contribution in [0.3, 0.4) is 0 Å². The van der Waals surface area contributed by atoms with Crippen molar-refractivity contribution >= 4 is 40.1 Å². The van der Waals surface area contributed by atoms with Crippen LogP contribution in [-0.2, 0) is 13.0 Å². The van der Waals surface area contributed by atoms with Gasteiger partial charge in [-0.05, 0) is 41.8 Å². The fourth-order valence-corrected chi connectivity index (χ4v) is 4.44. The van der Waals surface area contributed by atoms with Crippen molar-refractivity contribution in [3.05, 3.63) is 89.5 Å². The third-order valence-electron chi connectivity index (χ3n) is 6.08. The fraction of sp³-hybridized carbons (Fsp3) is 0.185. The molecule has 1 N–H and O–H groups in total. The smallest absolute Gasteiger partial charge is 0.152 e. The molecule has 32 heavy (non-hydrogen) atoms. The van der Waals surface area contributed by atoms with Crippen molar-refractivity contribution in [1.82, 2.24) is 4.98 Å². The van der Waals surface area contributed by atoms with Crippen LogP contribution in [0.2, 0.25) is 0 Å². The van der Waals surface area contributed by atoms with E-state index in [0.717, 1.165) is 59.6 Å². The first kappa shape index (κ1) is 20.1. The van der Waals surface area contributed by atoms with Crippen LogP contribution in [0.5, 0.6) is 0 Å². The number of aromatic nitrogens is 1. The number of nitrogens with zero attached hydrogens (tertiary/aromatic N) is 3. The minimum atomic E-state index is 0.704. The van der Waals surface area contributed by atoms with Crippen molar-refractivity contribution in [2.45, 2.75) is 13.0 Å². The van der Waals surface area contributed by atoms with Crippen LogP contribution >= 0.6 is 0 Å². The van der Waals surface area contributed by atoms with Gasteiger partial charge in [-0.2, -0.15) is 0 Å². The largest absolute Gasteiger partial charge is 0.377 e. The highest BCUT2D eigenvalue weighted by atomic mass is 16.1. The lowest BCUT2D eigenvalue weighted by Gasteiger charge is -2.32. The first-order chi connectivity index (χ1) is 15.6. The zero-order valence-corrected chi connectivity index (χ0v) is 18.4. The topological polar surface area (TPSA) is 48.5 Å². The molecule has 0 spiro atoms. The summed E-state index contributed by atoms with van der Waals surface area (Å²) in [6.45, 7) is 1.69. The van der Waals surface area contributed by atoms with E-state index < -0.39 is 0 Å². The zero-order chi connectivity index (χ0) is 22.1. The number of hydrogen-bond acceptors (Lipinski definition) is 5. The number of aldehydes is 1. The van der Waals surface area contributed by atoms with Gasteiger partial charge in [-0.3, -0.25) is 4.79 Å². The molecule has 5 rings (SSSR count). The Hall–Kier alpha value is -3.86. The van der Waals surface area contributed by atoms with Crippen LogP contribution < -0.4 is 15.1 Å². The summed E-state index contributed by atoms with van der Waals surface area (Å²) in [4.78, 5) is 21.0. The molecule has 5 heteroatoms. The molecule has 0 radical (unpaired) electrons. The summed E-state index contributed by atoms with van der Waals surface area (Å²) in [5.41, 5.74) is 7.33. The quantitative estimate of drug-likeness (QED) is 0.435. The fourth-order valence-electron chi connectivity index (χ4n) is 4.44. The number of benzene rings is 3. The minimum absolute atomic E-state index is 0.704. The number of carbonyl (C=O) groups is 1. The van der Waals surface area contributed by atoms with E-state index in [0.29, 0.717) is 5.56 Å². The first-order valence-electron chi connectivity index (χ1n) is 10.9. The van der Waals surface area contributed by atoms with Gasteiger partial charge in [-0.25, -0.2) is 4.98 Å². The summed E-state index contributed by atoms with van der Waals surface area (Å²) < 4.78 is 0. The Bertz CT molecular complexity index is 1300. The van der Waals surface area contributed by atoms with Gasteiger partial charge in [0.15, 0.2) is 6.29 Å². The van der Waals surface area contributed by atoms with E-state index in [1.54, 1.807) is 0 Å². The molecule has 0 amide bonds. The average molecular weight is 423 g/mol. The molecule has 3 aromatic carbocycles. The molecular formula is C27H26N4O. The monoisotopic (exact) mass is 422 g/mol. The van der Waals surface area contributed by atoms with Crippen LogP contribution in [0, 0.1) is 0 Å². The lowest BCUT2D eigenvalue weighted by atomic mass is 9.98. The second-order valence-corrected chi connectivity index (χ2v) is 8.39. The Kier molecular flexibility index (Phi) is 5.23. The number of pyridine rings is 1. The van der Waals surface area contributed by atoms with E-state index in [1.165, 1.54) is 11.1 Å². The van der Waals surface area contributed by atoms with Crippen LogP contribution in [0.25, 0.3) is 10.9 Å². The number of fused-ring (bicyclic) bond motifs is 2. The summed E-state index contributed by atoms with van der Waals surface area (Å²) in [7, 11) is 4.08. The molecule has 2 heterocycles. The van der Waals surface area contributed by atoms with Crippen molar-refractivity contribution in [3.63, 3.8) is 0 Å². The molecule has 0 saturated carbocycles. The highest BCUT2D eigenvalue weighted by Gasteiger charge is 2.19. The third-order valence-corrected chi connectivity index (χ3v) is 6.08. The van der Waals surface area contributed by atoms with Crippen LogP contribution in [0.4, 0.5) is 22.9 Å². The van der Waals surface area contributed by atoms with Gasteiger partial charge in [0.2, 0.25) is 0 Å². The molecule has 0 bridgehead atoms. The lowest BCUT2D eigenvalue weighted by Crippen LogP contribution is -2.31. The maximum Gasteiger partial charge on any atom is 0.152 e. The van der Waals surface area contributed by atoms with Crippen LogP contribution in [-0.4, -0.2) is 31.9 Å². The van der Waals surface area contributed by atoms with Crippen LogP contribution in [0.15, 0.2) is 72.8 Å². The Morgan fingerprint density at radius 2 is 1.75 bits per heavy atom. The molecule has 5 nitrogen and oxygen atoms in total. The van der Waals surface area contributed by atoms with Crippen molar-refractivity contribution in [1.29, 1.82) is 0 Å². The third kappa shape index (κ3) is 3.78. The van der Waals surface area contributed by atoms with Gasteiger partial charge in [0.1, 0.15) is 5.82 Å². The highest BCUT2D eigenvalue weighted by Crippen LogP contribution is 2.32. The van der Waals surface area contributed by atoms with Gasteiger partial charge < -0.3 is 15.1 Å². The molecule has 1 aliphatic rings. The molecule has 1 aliphatic heterocycles. The molecular weight excluding hydrogens is 396 g/mol. The maximum atomic E-state index is 11.8. The Balaban J connectivity index is 1.49. The predicted octanol–water partition coefficient (Wildman–Crippen LogP) is 5.42. The molecule has 4 aromatic rings. The predicted molar refractivity (Wildman–Crippen MR) is 132 cm³/mol. The number of carbonyl (C=O) groups excluding carboxylic acids is 1. The van der Waals surface area contributed by atoms with Crippen LogP contribution in [0.1, 0.15) is 21.5 Å². The van der Waals surface area contributed by atoms with E-state index in [1.807, 2.05) is 44.4 Å². The van der Waals surface area contributed by atoms with Gasteiger partial charge in [0, 0.05) is 61.3 Å². The molecule has 0 saturated heterocycles. The van der Waals surface area contributed by atoms with Crippen molar-refractivity contribution in [2.24, 2.45) is 0 Å². The standard InChI is InChI=1S/C27H26N4O/c1-30(2)26-16-27(29-24-10-6-5-9-23(24)26)28-22-12-11-21(18-32)25(15-22)31-14-13-19-7-3-4-8-20(19)17-31/h3-12,15-16,18H,13-14,17H2,1-2H3,(H,28,29). The Morgan fingerprint density at radius 1 is 0.969 bits per heavy atom. The number of hydrogen-bond donors (Lipinski definition) is 1. The minimum Gasteiger partial charge on any atom is -0.377 e. The van der Waals surface area contributed by atoms with E-state index in [4.69, 9.17) is 4.98 Å². The second kappa shape index (κ2) is 8.35. The molecule has 0 unspecified atom stereocenters. The molecule has 1 aromatic heterocycles. The number of nitrogens with one attached hydrogen (secondary N) is 1. The molecule has 0 fully saturated rings. The van der Waals surface area contributed by atoms with Crippen molar-refractivity contribution < 1.29 is 4.79 Å². The highest BCUT2D eigenvalue weighted by molar-refractivity contribution is 5.94. The summed E-state index contributed by atoms with van der Waals surface area (Å²) in [5, 5.41) is 4.58. The van der Waals surface area contributed by atoms with Crippen molar-refractivity contribution in [2.75, 3.05) is 35.8 Å². The average Bonchev–Trinajstić information content (AvgIpc) is 2.83. The normalized spacial score (nSPS) is 13.0. The van der Waals surface area contributed by atoms with E-state index >= 15 is 0 Å². The second-order valence-electron chi connectivity index (χ2n) is 8.39. The summed E-state index contributed by atoms with van der Waals surface area (Å²) >= 11 is 0. The van der Waals surface area contributed by atoms with E-state index in [2.05, 4.69) is 57.6 Å². The summed E-state index contributed by atoms with van der Waals surface area (Å²) in [6.07, 6.45) is 1.92. The SMILES string of the molecule is CN(C)c1cc(Nc2ccc(C=O)c(N3CCc4ccccc4C3)c2)nc2ccccc12. The van der Waals surface area contributed by atoms with Gasteiger partial charge >= 0.3 is 0 Å². The molecule has 160 valence electrons. The molecule has 0 atom stereocenters. The van der Waals surface area contributed by atoms with Gasteiger partial charge in [0.25, 0.3) is 0 Å². The van der Waals surface area contributed by atoms with Gasteiger partial charge in [-0.1, -0.05) is 42.5 Å². The van der Waals surface area contributed by atoms with Gasteiger partial charge in [0.05, 0.1) is 5.52 Å². The van der Waals surface area contributed by atoms with E-state index in [9.17, 15) is 4.79 Å². The van der Waals surface area contributed by atoms with Gasteiger partial charge in [-0.15, -0.1) is 0 Å². The maximum absolute atomic E-state index is 11.8. The number of anilines is 4. The Morgan fingerprint density at radius 3 is 2.56 bits per heavy atom.